The van der Waals surface area contributed by atoms with E-state index >= 15 is 0 Å². The number of nitrogens with one attached hydrogen (secondary N) is 1. The number of piperidine rings is 1. The predicted molar refractivity (Wildman–Crippen MR) is 99.1 cm³/mol. The Morgan fingerprint density at radius 2 is 2.21 bits per heavy atom. The van der Waals surface area contributed by atoms with E-state index in [1.165, 1.54) is 19.4 Å². The SMILES string of the molecule is COc1ccc(F)c(CN2CCC[C@@]3(CCN(C(=O)c4cn[nH]c4)C3)C2=O)c1. The van der Waals surface area contributed by atoms with Gasteiger partial charge in [0.1, 0.15) is 11.6 Å². The third kappa shape index (κ3) is 3.23. The minimum absolute atomic E-state index is 0.00321. The summed E-state index contributed by atoms with van der Waals surface area (Å²) in [6.07, 6.45) is 5.28. The van der Waals surface area contributed by atoms with Gasteiger partial charge >= 0.3 is 0 Å². The number of carbonyl (C=O) groups is 2. The molecule has 4 rings (SSSR count). The van der Waals surface area contributed by atoms with Crippen LogP contribution in [0.25, 0.3) is 0 Å². The first-order valence-electron chi connectivity index (χ1n) is 9.42. The molecule has 2 fully saturated rings. The first kappa shape index (κ1) is 18.5. The molecular formula is C20H23FN4O3. The van der Waals surface area contributed by atoms with Crippen LogP contribution in [-0.2, 0) is 11.3 Å². The van der Waals surface area contributed by atoms with Gasteiger partial charge in [-0.1, -0.05) is 0 Å². The number of aromatic amines is 1. The molecule has 1 N–H and O–H groups in total. The number of methoxy groups -OCH3 is 1. The highest BCUT2D eigenvalue weighted by Crippen LogP contribution is 2.41. The first-order chi connectivity index (χ1) is 13.5. The number of rotatable bonds is 4. The maximum absolute atomic E-state index is 14.2. The summed E-state index contributed by atoms with van der Waals surface area (Å²) in [5.74, 6) is 0.0996. The molecule has 1 spiro atoms. The minimum Gasteiger partial charge on any atom is -0.497 e. The zero-order valence-electron chi connectivity index (χ0n) is 15.8. The maximum atomic E-state index is 14.2. The fourth-order valence-electron chi connectivity index (χ4n) is 4.28. The van der Waals surface area contributed by atoms with Gasteiger partial charge in [-0.3, -0.25) is 14.7 Å². The van der Waals surface area contributed by atoms with E-state index in [2.05, 4.69) is 10.2 Å². The summed E-state index contributed by atoms with van der Waals surface area (Å²) in [5.41, 5.74) is 0.359. The molecule has 0 radical (unpaired) electrons. The summed E-state index contributed by atoms with van der Waals surface area (Å²) in [6.45, 7) is 1.73. The van der Waals surface area contributed by atoms with E-state index in [-0.39, 0.29) is 24.2 Å². The largest absolute Gasteiger partial charge is 0.497 e. The monoisotopic (exact) mass is 386 g/mol. The van der Waals surface area contributed by atoms with Crippen LogP contribution in [0.5, 0.6) is 5.75 Å². The summed E-state index contributed by atoms with van der Waals surface area (Å²) < 4.78 is 19.4. The Morgan fingerprint density at radius 1 is 1.36 bits per heavy atom. The van der Waals surface area contributed by atoms with E-state index in [0.717, 1.165) is 12.8 Å². The van der Waals surface area contributed by atoms with Crippen LogP contribution in [0, 0.1) is 11.2 Å². The normalized spacial score (nSPS) is 22.1. The van der Waals surface area contributed by atoms with Gasteiger partial charge in [0.2, 0.25) is 5.91 Å². The molecule has 3 heterocycles. The van der Waals surface area contributed by atoms with Crippen LogP contribution in [0.4, 0.5) is 4.39 Å². The summed E-state index contributed by atoms with van der Waals surface area (Å²) >= 11 is 0. The third-order valence-corrected chi connectivity index (χ3v) is 5.82. The van der Waals surface area contributed by atoms with Gasteiger partial charge in [0.05, 0.1) is 24.3 Å². The fourth-order valence-corrected chi connectivity index (χ4v) is 4.28. The van der Waals surface area contributed by atoms with Gasteiger partial charge < -0.3 is 14.5 Å². The van der Waals surface area contributed by atoms with Crippen LogP contribution in [-0.4, -0.2) is 58.6 Å². The molecule has 2 amide bonds. The molecule has 0 bridgehead atoms. The van der Waals surface area contributed by atoms with Crippen LogP contribution in [0.3, 0.4) is 0 Å². The van der Waals surface area contributed by atoms with Crippen LogP contribution in [0.15, 0.2) is 30.6 Å². The first-order valence-corrected chi connectivity index (χ1v) is 9.42. The van der Waals surface area contributed by atoms with Crippen molar-refractivity contribution >= 4 is 11.8 Å². The number of amides is 2. The molecule has 0 aliphatic carbocycles. The summed E-state index contributed by atoms with van der Waals surface area (Å²) in [5, 5.41) is 6.47. The number of nitrogens with zero attached hydrogens (tertiary/aromatic N) is 3. The average molecular weight is 386 g/mol. The van der Waals surface area contributed by atoms with Gasteiger partial charge in [0, 0.05) is 37.9 Å². The standard InChI is InChI=1S/C20H23FN4O3/c1-28-16-3-4-17(21)14(9-16)12-24-7-2-5-20(19(24)27)6-8-25(13-20)18(26)15-10-22-23-11-15/h3-4,9-11H,2,5-8,12-13H2,1H3,(H,22,23)/t20-/m0/s1. The minimum atomic E-state index is -0.576. The second-order valence-corrected chi connectivity index (χ2v) is 7.53. The quantitative estimate of drug-likeness (QED) is 0.874. The van der Waals surface area contributed by atoms with Gasteiger partial charge in [-0.25, -0.2) is 4.39 Å². The zero-order chi connectivity index (χ0) is 19.7. The number of H-pyrrole nitrogens is 1. The molecule has 2 aliphatic rings. The van der Waals surface area contributed by atoms with E-state index < -0.39 is 5.41 Å². The number of aromatic nitrogens is 2. The van der Waals surface area contributed by atoms with Crippen LogP contribution >= 0.6 is 0 Å². The number of benzene rings is 1. The summed E-state index contributed by atoms with van der Waals surface area (Å²) in [6, 6.07) is 4.56. The zero-order valence-corrected chi connectivity index (χ0v) is 15.8. The van der Waals surface area contributed by atoms with E-state index in [1.54, 1.807) is 28.1 Å². The van der Waals surface area contributed by atoms with E-state index in [4.69, 9.17) is 4.74 Å². The molecule has 1 aromatic carbocycles. The van der Waals surface area contributed by atoms with Gasteiger partial charge in [-0.05, 0) is 37.5 Å². The molecule has 0 unspecified atom stereocenters. The maximum Gasteiger partial charge on any atom is 0.257 e. The smallest absolute Gasteiger partial charge is 0.257 e. The Hall–Kier alpha value is -2.90. The lowest BCUT2D eigenvalue weighted by Crippen LogP contribution is -2.50. The van der Waals surface area contributed by atoms with Crippen molar-refractivity contribution in [3.63, 3.8) is 0 Å². The number of halogens is 1. The molecule has 0 saturated carbocycles. The van der Waals surface area contributed by atoms with Crippen molar-refractivity contribution in [1.29, 1.82) is 0 Å². The van der Waals surface area contributed by atoms with Crippen molar-refractivity contribution in [3.05, 3.63) is 47.5 Å². The molecule has 1 atom stereocenters. The van der Waals surface area contributed by atoms with Crippen molar-refractivity contribution in [3.8, 4) is 5.75 Å². The summed E-state index contributed by atoms with van der Waals surface area (Å²) in [7, 11) is 1.53. The highest BCUT2D eigenvalue weighted by atomic mass is 19.1. The van der Waals surface area contributed by atoms with Gasteiger partial charge in [0.25, 0.3) is 5.91 Å². The van der Waals surface area contributed by atoms with E-state index in [0.29, 0.717) is 42.9 Å². The topological polar surface area (TPSA) is 78.5 Å². The molecular weight excluding hydrogens is 363 g/mol. The summed E-state index contributed by atoms with van der Waals surface area (Å²) in [4.78, 5) is 29.3. The molecule has 2 aromatic rings. The Balaban J connectivity index is 1.50. The van der Waals surface area contributed by atoms with Crippen molar-refractivity contribution < 1.29 is 18.7 Å². The molecule has 28 heavy (non-hydrogen) atoms. The second kappa shape index (κ2) is 7.26. The number of hydrogen-bond acceptors (Lipinski definition) is 4. The van der Waals surface area contributed by atoms with Gasteiger partial charge in [-0.15, -0.1) is 0 Å². The number of likely N-dealkylation sites (tertiary alicyclic amines) is 2. The van der Waals surface area contributed by atoms with Crippen LogP contribution < -0.4 is 4.74 Å². The molecule has 8 heteroatoms. The van der Waals surface area contributed by atoms with Gasteiger partial charge in [-0.2, -0.15) is 5.10 Å². The van der Waals surface area contributed by atoms with Crippen LogP contribution in [0.1, 0.15) is 35.2 Å². The van der Waals surface area contributed by atoms with E-state index in [1.807, 2.05) is 0 Å². The Kier molecular flexibility index (Phi) is 4.78. The van der Waals surface area contributed by atoms with Gasteiger partial charge in [0.15, 0.2) is 0 Å². The van der Waals surface area contributed by atoms with Crippen LogP contribution in [0.2, 0.25) is 0 Å². The van der Waals surface area contributed by atoms with E-state index in [9.17, 15) is 14.0 Å². The number of hydrogen-bond donors (Lipinski definition) is 1. The second-order valence-electron chi connectivity index (χ2n) is 7.53. The Labute approximate surface area is 162 Å². The third-order valence-electron chi connectivity index (χ3n) is 5.82. The van der Waals surface area contributed by atoms with Crippen molar-refractivity contribution in [2.45, 2.75) is 25.8 Å². The average Bonchev–Trinajstić information content (AvgIpc) is 3.38. The van der Waals surface area contributed by atoms with Crippen molar-refractivity contribution in [2.75, 3.05) is 26.7 Å². The number of carbonyl (C=O) groups excluding carboxylic acids is 2. The lowest BCUT2D eigenvalue weighted by molar-refractivity contribution is -0.146. The van der Waals surface area contributed by atoms with Crippen molar-refractivity contribution in [1.82, 2.24) is 20.0 Å². The molecule has 1 aromatic heterocycles. The number of ether oxygens (including phenoxy) is 1. The molecule has 2 aliphatic heterocycles. The molecule has 7 nitrogen and oxygen atoms in total. The Bertz CT molecular complexity index is 886. The Morgan fingerprint density at radius 3 is 2.96 bits per heavy atom. The predicted octanol–water partition coefficient (Wildman–Crippen LogP) is 2.21. The molecule has 148 valence electrons. The fraction of sp³-hybridized carbons (Fsp3) is 0.450. The highest BCUT2D eigenvalue weighted by molar-refractivity contribution is 5.95. The lowest BCUT2D eigenvalue weighted by Gasteiger charge is -2.39. The molecule has 2 saturated heterocycles. The highest BCUT2D eigenvalue weighted by Gasteiger charge is 2.49. The van der Waals surface area contributed by atoms with Crippen molar-refractivity contribution in [2.24, 2.45) is 5.41 Å². The lowest BCUT2D eigenvalue weighted by atomic mass is 9.78.